The molecule has 0 aromatic heterocycles. The van der Waals surface area contributed by atoms with Gasteiger partial charge in [0.15, 0.2) is 6.61 Å². The molecule has 0 aliphatic carbocycles. The van der Waals surface area contributed by atoms with E-state index in [1.165, 1.54) is 5.56 Å². The second-order valence-electron chi connectivity index (χ2n) is 7.26. The van der Waals surface area contributed by atoms with Crippen LogP contribution in [0.1, 0.15) is 47.7 Å². The van der Waals surface area contributed by atoms with Crippen molar-refractivity contribution in [1.82, 2.24) is 0 Å². The number of benzene rings is 3. The van der Waals surface area contributed by atoms with Gasteiger partial charge in [-0.3, -0.25) is 4.79 Å². The van der Waals surface area contributed by atoms with Gasteiger partial charge < -0.3 is 10.1 Å². The number of hydrogen-bond donors (Lipinski definition) is 1. The Kier molecular flexibility index (Phi) is 7.18. The predicted octanol–water partition coefficient (Wildman–Crippen LogP) is 5.53. The molecule has 0 saturated heterocycles. The van der Waals surface area contributed by atoms with Gasteiger partial charge in [-0.2, -0.15) is 5.26 Å². The minimum absolute atomic E-state index is 0.302. The van der Waals surface area contributed by atoms with Crippen LogP contribution in [-0.2, 0) is 9.53 Å². The van der Waals surface area contributed by atoms with Crippen molar-refractivity contribution in [2.45, 2.75) is 26.2 Å². The molecule has 0 heterocycles. The highest BCUT2D eigenvalue weighted by Gasteiger charge is 2.17. The molecule has 0 bridgehead atoms. The number of nitrogens with zero attached hydrogens (tertiary/aromatic N) is 1. The molecule has 31 heavy (non-hydrogen) atoms. The zero-order valence-corrected chi connectivity index (χ0v) is 17.6. The minimum Gasteiger partial charge on any atom is -0.452 e. The Morgan fingerprint density at radius 1 is 0.968 bits per heavy atom. The molecule has 0 spiro atoms. The molecular weight excluding hydrogens is 388 g/mol. The van der Waals surface area contributed by atoms with Crippen molar-refractivity contribution in [3.8, 4) is 17.2 Å². The highest BCUT2D eigenvalue weighted by atomic mass is 16.5. The summed E-state index contributed by atoms with van der Waals surface area (Å²) in [5.74, 6) is -0.581. The first-order valence-electron chi connectivity index (χ1n) is 10.2. The normalized spacial score (nSPS) is 11.3. The van der Waals surface area contributed by atoms with Gasteiger partial charge >= 0.3 is 5.97 Å². The summed E-state index contributed by atoms with van der Waals surface area (Å²) in [6, 6.07) is 23.7. The van der Waals surface area contributed by atoms with Crippen LogP contribution < -0.4 is 5.32 Å². The Labute approximate surface area is 182 Å². The van der Waals surface area contributed by atoms with E-state index >= 15 is 0 Å². The monoisotopic (exact) mass is 412 g/mol. The number of hydrogen-bond acceptors (Lipinski definition) is 4. The van der Waals surface area contributed by atoms with Gasteiger partial charge in [0.25, 0.3) is 5.91 Å². The molecule has 0 radical (unpaired) electrons. The second-order valence-corrected chi connectivity index (χ2v) is 7.26. The third kappa shape index (κ3) is 5.37. The van der Waals surface area contributed by atoms with E-state index in [-0.39, 0.29) is 0 Å². The van der Waals surface area contributed by atoms with Crippen LogP contribution in [-0.4, -0.2) is 18.5 Å². The average Bonchev–Trinajstić information content (AvgIpc) is 2.82. The summed E-state index contributed by atoms with van der Waals surface area (Å²) < 4.78 is 5.24. The Balaban J connectivity index is 1.66. The topological polar surface area (TPSA) is 79.2 Å². The number of ether oxygens (including phenoxy) is 1. The molecule has 3 rings (SSSR count). The maximum atomic E-state index is 12.7. The first kappa shape index (κ1) is 21.8. The first-order chi connectivity index (χ1) is 15.0. The Bertz CT molecular complexity index is 1110. The van der Waals surface area contributed by atoms with Crippen LogP contribution in [0.4, 0.5) is 5.69 Å². The zero-order chi connectivity index (χ0) is 22.2. The number of carbonyl (C=O) groups excluding carboxylic acids is 2. The highest BCUT2D eigenvalue weighted by molar-refractivity contribution is 6.00. The summed E-state index contributed by atoms with van der Waals surface area (Å²) in [7, 11) is 0. The Hall–Kier alpha value is -3.91. The van der Waals surface area contributed by atoms with E-state index in [0.717, 1.165) is 6.42 Å². The number of rotatable bonds is 7. The molecular formula is C26H24N2O3. The number of amides is 1. The maximum Gasteiger partial charge on any atom is 0.339 e. The smallest absolute Gasteiger partial charge is 0.339 e. The van der Waals surface area contributed by atoms with Gasteiger partial charge in [-0.05, 0) is 47.7 Å². The molecule has 5 heteroatoms. The molecule has 0 fully saturated rings. The number of anilines is 1. The first-order valence-corrected chi connectivity index (χ1v) is 10.2. The van der Waals surface area contributed by atoms with Crippen molar-refractivity contribution >= 4 is 17.6 Å². The number of esters is 1. The van der Waals surface area contributed by atoms with Crippen LogP contribution in [0.3, 0.4) is 0 Å². The minimum atomic E-state index is -0.620. The largest absolute Gasteiger partial charge is 0.452 e. The van der Waals surface area contributed by atoms with Crippen LogP contribution >= 0.6 is 0 Å². The molecule has 0 saturated carbocycles. The van der Waals surface area contributed by atoms with Gasteiger partial charge in [0.1, 0.15) is 0 Å². The summed E-state index contributed by atoms with van der Waals surface area (Å²) in [6.45, 7) is 3.88. The van der Waals surface area contributed by atoms with E-state index in [1.807, 2.05) is 24.3 Å². The molecule has 3 aromatic carbocycles. The zero-order valence-electron chi connectivity index (χ0n) is 17.6. The van der Waals surface area contributed by atoms with Gasteiger partial charge in [0, 0.05) is 11.3 Å². The van der Waals surface area contributed by atoms with E-state index in [2.05, 4.69) is 25.2 Å². The van der Waals surface area contributed by atoms with Gasteiger partial charge in [0.05, 0.1) is 17.2 Å². The fourth-order valence-electron chi connectivity index (χ4n) is 3.25. The van der Waals surface area contributed by atoms with E-state index in [0.29, 0.717) is 33.9 Å². The number of carbonyl (C=O) groups is 2. The predicted molar refractivity (Wildman–Crippen MR) is 121 cm³/mol. The number of nitriles is 1. The highest BCUT2D eigenvalue weighted by Crippen LogP contribution is 2.27. The summed E-state index contributed by atoms with van der Waals surface area (Å²) in [5.41, 5.74) is 3.85. The van der Waals surface area contributed by atoms with Crippen LogP contribution in [0.25, 0.3) is 11.1 Å². The van der Waals surface area contributed by atoms with Gasteiger partial charge in [-0.15, -0.1) is 0 Å². The molecule has 1 atom stereocenters. The summed E-state index contributed by atoms with van der Waals surface area (Å²) in [4.78, 5) is 24.9. The van der Waals surface area contributed by atoms with E-state index in [9.17, 15) is 14.9 Å². The lowest BCUT2D eigenvalue weighted by Gasteiger charge is -2.12. The number of nitrogens with one attached hydrogen (secondary N) is 1. The van der Waals surface area contributed by atoms with E-state index in [4.69, 9.17) is 4.74 Å². The molecule has 3 aromatic rings. The molecule has 1 amide bonds. The third-order valence-electron chi connectivity index (χ3n) is 5.19. The van der Waals surface area contributed by atoms with Gasteiger partial charge in [-0.25, -0.2) is 4.79 Å². The van der Waals surface area contributed by atoms with Crippen LogP contribution in [0, 0.1) is 11.3 Å². The second kappa shape index (κ2) is 10.2. The molecule has 0 aliphatic rings. The van der Waals surface area contributed by atoms with Crippen molar-refractivity contribution in [2.75, 3.05) is 11.9 Å². The summed E-state index contributed by atoms with van der Waals surface area (Å²) in [5, 5.41) is 12.1. The van der Waals surface area contributed by atoms with Crippen molar-refractivity contribution < 1.29 is 14.3 Å². The molecule has 0 unspecified atom stereocenters. The maximum absolute atomic E-state index is 12.7. The standard InChI is InChI=1S/C26H24N2O3/c1-3-18(2)19-12-14-21(15-13-19)28-25(29)17-31-26(30)24-11-7-6-10-23(24)22-9-5-4-8-20(22)16-27/h4-15,18H,3,17H2,1-2H3,(H,28,29)/t18-/m0/s1. The molecule has 156 valence electrons. The van der Waals surface area contributed by atoms with Crippen LogP contribution in [0.5, 0.6) is 0 Å². The molecule has 0 aliphatic heterocycles. The van der Waals surface area contributed by atoms with Crippen LogP contribution in [0.15, 0.2) is 72.8 Å². The molecule has 5 nitrogen and oxygen atoms in total. The summed E-state index contributed by atoms with van der Waals surface area (Å²) >= 11 is 0. The fourth-order valence-corrected chi connectivity index (χ4v) is 3.25. The quantitative estimate of drug-likeness (QED) is 0.517. The van der Waals surface area contributed by atoms with E-state index < -0.39 is 18.5 Å². The lowest BCUT2D eigenvalue weighted by molar-refractivity contribution is -0.119. The third-order valence-corrected chi connectivity index (χ3v) is 5.19. The summed E-state index contributed by atoms with van der Waals surface area (Å²) in [6.07, 6.45) is 1.04. The Morgan fingerprint density at radius 3 is 2.29 bits per heavy atom. The average molecular weight is 412 g/mol. The van der Waals surface area contributed by atoms with E-state index in [1.54, 1.807) is 48.5 Å². The van der Waals surface area contributed by atoms with Crippen LogP contribution in [0.2, 0.25) is 0 Å². The van der Waals surface area contributed by atoms with Crippen molar-refractivity contribution in [3.05, 3.63) is 89.5 Å². The van der Waals surface area contributed by atoms with Gasteiger partial charge in [0.2, 0.25) is 0 Å². The van der Waals surface area contributed by atoms with Crippen molar-refractivity contribution in [1.29, 1.82) is 5.26 Å². The Morgan fingerprint density at radius 2 is 1.61 bits per heavy atom. The fraction of sp³-hybridized carbons (Fsp3) is 0.192. The van der Waals surface area contributed by atoms with Gasteiger partial charge in [-0.1, -0.05) is 62.4 Å². The lowest BCUT2D eigenvalue weighted by Crippen LogP contribution is -2.21. The van der Waals surface area contributed by atoms with Crippen molar-refractivity contribution in [3.63, 3.8) is 0 Å². The lowest BCUT2D eigenvalue weighted by atomic mass is 9.96. The SMILES string of the molecule is CC[C@H](C)c1ccc(NC(=O)COC(=O)c2ccccc2-c2ccccc2C#N)cc1. The van der Waals surface area contributed by atoms with Crippen molar-refractivity contribution in [2.24, 2.45) is 0 Å². The molecule has 1 N–H and O–H groups in total.